The van der Waals surface area contributed by atoms with Crippen molar-refractivity contribution in [1.82, 2.24) is 9.55 Å². The summed E-state index contributed by atoms with van der Waals surface area (Å²) >= 11 is 0. The number of ether oxygens (including phenoxy) is 1. The van der Waals surface area contributed by atoms with E-state index >= 15 is 0 Å². The molecule has 2 aromatic carbocycles. The van der Waals surface area contributed by atoms with Gasteiger partial charge in [-0.2, -0.15) is 0 Å². The quantitative estimate of drug-likeness (QED) is 0.660. The number of nitrogens with zero attached hydrogens (tertiary/aromatic N) is 2. The Morgan fingerprint density at radius 1 is 1.13 bits per heavy atom. The summed E-state index contributed by atoms with van der Waals surface area (Å²) in [4.78, 5) is 41.1. The van der Waals surface area contributed by atoms with Crippen molar-refractivity contribution in [3.8, 4) is 0 Å². The van der Waals surface area contributed by atoms with E-state index < -0.39 is 29.0 Å². The lowest BCUT2D eigenvalue weighted by Gasteiger charge is -2.20. The van der Waals surface area contributed by atoms with Crippen LogP contribution >= 0.6 is 0 Å². The van der Waals surface area contributed by atoms with E-state index in [1.165, 1.54) is 18.5 Å². The molecule has 0 spiro atoms. The average Bonchev–Trinajstić information content (AvgIpc) is 2.65. The van der Waals surface area contributed by atoms with Gasteiger partial charge in [-0.05, 0) is 63.6 Å². The molecule has 0 radical (unpaired) electrons. The third kappa shape index (κ3) is 5.65. The number of hydrogen-bond donors (Lipinski definition) is 2. The first-order chi connectivity index (χ1) is 14.5. The molecular formula is C22H23FN4O4. The summed E-state index contributed by atoms with van der Waals surface area (Å²) in [5, 5.41) is 5.42. The molecule has 0 aliphatic carbocycles. The number of anilines is 2. The Kier molecular flexibility index (Phi) is 6.05. The minimum absolute atomic E-state index is 0.0926. The van der Waals surface area contributed by atoms with Crippen molar-refractivity contribution in [2.75, 3.05) is 10.6 Å². The Morgan fingerprint density at radius 2 is 1.87 bits per heavy atom. The van der Waals surface area contributed by atoms with Gasteiger partial charge in [-0.3, -0.25) is 19.5 Å². The second-order valence-electron chi connectivity index (χ2n) is 8.04. The maximum absolute atomic E-state index is 13.5. The van der Waals surface area contributed by atoms with Crippen LogP contribution in [0, 0.1) is 12.7 Å². The number of rotatable bonds is 4. The first kappa shape index (κ1) is 21.9. The van der Waals surface area contributed by atoms with E-state index in [4.69, 9.17) is 4.74 Å². The predicted octanol–water partition coefficient (Wildman–Crippen LogP) is 3.83. The minimum Gasteiger partial charge on any atom is -0.444 e. The summed E-state index contributed by atoms with van der Waals surface area (Å²) < 4.78 is 19.8. The maximum Gasteiger partial charge on any atom is 0.412 e. The molecule has 0 atom stereocenters. The van der Waals surface area contributed by atoms with Crippen LogP contribution in [0.2, 0.25) is 0 Å². The number of fused-ring (bicyclic) bond motifs is 1. The van der Waals surface area contributed by atoms with E-state index in [2.05, 4.69) is 15.6 Å². The van der Waals surface area contributed by atoms with Crippen molar-refractivity contribution in [3.05, 3.63) is 64.5 Å². The van der Waals surface area contributed by atoms with Gasteiger partial charge in [0.25, 0.3) is 5.56 Å². The van der Waals surface area contributed by atoms with Gasteiger partial charge in [-0.1, -0.05) is 6.07 Å². The van der Waals surface area contributed by atoms with Crippen LogP contribution in [0.5, 0.6) is 0 Å². The molecule has 31 heavy (non-hydrogen) atoms. The largest absolute Gasteiger partial charge is 0.444 e. The molecule has 3 aromatic rings. The van der Waals surface area contributed by atoms with Crippen molar-refractivity contribution in [2.45, 2.75) is 39.8 Å². The number of carbonyl (C=O) groups excluding carboxylic acids is 2. The molecule has 162 valence electrons. The molecule has 0 fully saturated rings. The van der Waals surface area contributed by atoms with Crippen molar-refractivity contribution in [2.24, 2.45) is 0 Å². The van der Waals surface area contributed by atoms with Crippen LogP contribution in [-0.2, 0) is 16.1 Å². The van der Waals surface area contributed by atoms with Crippen LogP contribution in [0.3, 0.4) is 0 Å². The Bertz CT molecular complexity index is 1210. The first-order valence-electron chi connectivity index (χ1n) is 9.57. The molecule has 1 aromatic heterocycles. The highest BCUT2D eigenvalue weighted by Crippen LogP contribution is 2.21. The lowest BCUT2D eigenvalue weighted by molar-refractivity contribution is -0.116. The summed E-state index contributed by atoms with van der Waals surface area (Å²) in [6, 6.07) is 8.72. The van der Waals surface area contributed by atoms with Crippen molar-refractivity contribution >= 4 is 34.3 Å². The molecule has 3 rings (SSSR count). The molecule has 0 unspecified atom stereocenters. The zero-order valence-corrected chi connectivity index (χ0v) is 17.7. The van der Waals surface area contributed by atoms with Crippen LogP contribution in [0.1, 0.15) is 26.3 Å². The van der Waals surface area contributed by atoms with Crippen molar-refractivity contribution < 1.29 is 18.7 Å². The number of amides is 2. The first-order valence-corrected chi connectivity index (χ1v) is 9.57. The number of carbonyl (C=O) groups is 2. The van der Waals surface area contributed by atoms with E-state index in [0.29, 0.717) is 16.9 Å². The molecule has 1 heterocycles. The van der Waals surface area contributed by atoms with Gasteiger partial charge in [-0.15, -0.1) is 0 Å². The molecule has 2 amide bonds. The van der Waals surface area contributed by atoms with Gasteiger partial charge >= 0.3 is 6.09 Å². The standard InChI is InChI=1S/C22H23FN4O4/c1-13-5-7-15(25-21(30)31-22(2,3)4)10-18(13)26-19(28)11-27-12-24-17-8-6-14(23)9-16(17)20(27)29/h5-10,12H,11H2,1-4H3,(H,25,30)(H,26,28). The number of nitrogens with one attached hydrogen (secondary N) is 2. The minimum atomic E-state index is -0.643. The average molecular weight is 426 g/mol. The fourth-order valence-electron chi connectivity index (χ4n) is 2.84. The van der Waals surface area contributed by atoms with E-state index in [1.807, 2.05) is 0 Å². The topological polar surface area (TPSA) is 102 Å². The van der Waals surface area contributed by atoms with Crippen LogP contribution in [-0.4, -0.2) is 27.2 Å². The number of benzene rings is 2. The number of aryl methyl sites for hydroxylation is 1. The Morgan fingerprint density at radius 3 is 2.58 bits per heavy atom. The smallest absolute Gasteiger partial charge is 0.412 e. The highest BCUT2D eigenvalue weighted by atomic mass is 19.1. The summed E-state index contributed by atoms with van der Waals surface area (Å²) in [6.45, 7) is 6.75. The third-order valence-electron chi connectivity index (χ3n) is 4.26. The van der Waals surface area contributed by atoms with Gasteiger partial charge < -0.3 is 10.1 Å². The van der Waals surface area contributed by atoms with Crippen molar-refractivity contribution in [1.29, 1.82) is 0 Å². The lowest BCUT2D eigenvalue weighted by Crippen LogP contribution is -2.28. The molecule has 0 saturated heterocycles. The fraction of sp³-hybridized carbons (Fsp3) is 0.273. The molecule has 9 heteroatoms. The molecular weight excluding hydrogens is 403 g/mol. The Hall–Kier alpha value is -3.75. The number of hydrogen-bond acceptors (Lipinski definition) is 5. The highest BCUT2D eigenvalue weighted by molar-refractivity contribution is 5.93. The van der Waals surface area contributed by atoms with Crippen LogP contribution in [0.15, 0.2) is 47.5 Å². The summed E-state index contributed by atoms with van der Waals surface area (Å²) in [7, 11) is 0. The van der Waals surface area contributed by atoms with Gasteiger partial charge in [0, 0.05) is 11.4 Å². The van der Waals surface area contributed by atoms with Gasteiger partial charge in [-0.25, -0.2) is 14.2 Å². The SMILES string of the molecule is Cc1ccc(NC(=O)OC(C)(C)C)cc1NC(=O)Cn1cnc2ccc(F)cc2c1=O. The molecule has 0 bridgehead atoms. The number of aromatic nitrogens is 2. The Balaban J connectivity index is 1.75. The zero-order chi connectivity index (χ0) is 22.8. The molecule has 8 nitrogen and oxygen atoms in total. The van der Waals surface area contributed by atoms with Gasteiger partial charge in [0.2, 0.25) is 5.91 Å². The second kappa shape index (κ2) is 8.55. The second-order valence-corrected chi connectivity index (χ2v) is 8.04. The van der Waals surface area contributed by atoms with Crippen LogP contribution in [0.4, 0.5) is 20.6 Å². The Labute approximate surface area is 178 Å². The van der Waals surface area contributed by atoms with E-state index in [-0.39, 0.29) is 11.9 Å². The number of halogens is 1. The summed E-state index contributed by atoms with van der Waals surface area (Å²) in [6.07, 6.45) is 0.629. The summed E-state index contributed by atoms with van der Waals surface area (Å²) in [5.74, 6) is -1.03. The maximum atomic E-state index is 13.5. The molecule has 0 aliphatic heterocycles. The van der Waals surface area contributed by atoms with E-state index in [1.54, 1.807) is 45.9 Å². The van der Waals surface area contributed by atoms with Crippen LogP contribution < -0.4 is 16.2 Å². The molecule has 0 aliphatic rings. The monoisotopic (exact) mass is 426 g/mol. The van der Waals surface area contributed by atoms with Gasteiger partial charge in [0.15, 0.2) is 0 Å². The van der Waals surface area contributed by atoms with E-state index in [0.717, 1.165) is 16.2 Å². The highest BCUT2D eigenvalue weighted by Gasteiger charge is 2.17. The molecule has 2 N–H and O–H groups in total. The van der Waals surface area contributed by atoms with Gasteiger partial charge in [0.1, 0.15) is 18.0 Å². The van der Waals surface area contributed by atoms with E-state index in [9.17, 15) is 18.8 Å². The zero-order valence-electron chi connectivity index (χ0n) is 17.7. The molecule has 0 saturated carbocycles. The predicted molar refractivity (Wildman–Crippen MR) is 116 cm³/mol. The normalized spacial score (nSPS) is 11.3. The fourth-order valence-corrected chi connectivity index (χ4v) is 2.84. The summed E-state index contributed by atoms with van der Waals surface area (Å²) in [5.41, 5.74) is 0.850. The third-order valence-corrected chi connectivity index (χ3v) is 4.26. The van der Waals surface area contributed by atoms with Gasteiger partial charge in [0.05, 0.1) is 17.2 Å². The van der Waals surface area contributed by atoms with Crippen molar-refractivity contribution in [3.63, 3.8) is 0 Å². The lowest BCUT2D eigenvalue weighted by atomic mass is 10.1. The van der Waals surface area contributed by atoms with Crippen LogP contribution in [0.25, 0.3) is 10.9 Å².